The number of nitrogens with zero attached hydrogens (tertiary/aromatic N) is 2. The van der Waals surface area contributed by atoms with Crippen molar-refractivity contribution in [1.82, 2.24) is 9.80 Å². The van der Waals surface area contributed by atoms with Gasteiger partial charge in [-0.15, -0.1) is 0 Å². The number of hydrogen-bond acceptors (Lipinski definition) is 2. The third-order valence-corrected chi connectivity index (χ3v) is 3.56. The van der Waals surface area contributed by atoms with E-state index in [1.165, 1.54) is 11.1 Å². The van der Waals surface area contributed by atoms with Crippen LogP contribution >= 0.6 is 0 Å². The molecule has 1 aliphatic rings. The van der Waals surface area contributed by atoms with Gasteiger partial charge in [0.2, 0.25) is 0 Å². The summed E-state index contributed by atoms with van der Waals surface area (Å²) in [7, 11) is 4.27. The summed E-state index contributed by atoms with van der Waals surface area (Å²) < 4.78 is 0. The van der Waals surface area contributed by atoms with E-state index < -0.39 is 0 Å². The fourth-order valence-electron chi connectivity index (χ4n) is 2.70. The van der Waals surface area contributed by atoms with E-state index in [1.54, 1.807) is 0 Å². The number of hydrogen-bond donors (Lipinski definition) is 0. The van der Waals surface area contributed by atoms with E-state index in [0.29, 0.717) is 0 Å². The summed E-state index contributed by atoms with van der Waals surface area (Å²) in [6.07, 6.45) is 0. The van der Waals surface area contributed by atoms with Crippen molar-refractivity contribution in [2.45, 2.75) is 25.8 Å². The van der Waals surface area contributed by atoms with E-state index in [4.69, 9.17) is 0 Å². The minimum Gasteiger partial charge on any atom is -0.308 e. The molecule has 0 spiro atoms. The van der Waals surface area contributed by atoms with Crippen LogP contribution in [0.5, 0.6) is 0 Å². The number of fused-ring (bicyclic) bond motifs is 1. The quantitative estimate of drug-likeness (QED) is 0.786. The van der Waals surface area contributed by atoms with Crippen molar-refractivity contribution in [3.63, 3.8) is 0 Å². The smallest absolute Gasteiger partial charge is 0.0237 e. The van der Waals surface area contributed by atoms with Crippen molar-refractivity contribution in [1.29, 1.82) is 0 Å². The zero-order chi connectivity index (χ0) is 12.5. The first-order valence-electron chi connectivity index (χ1n) is 6.35. The van der Waals surface area contributed by atoms with Crippen molar-refractivity contribution < 1.29 is 0 Å². The van der Waals surface area contributed by atoms with Crippen LogP contribution in [-0.2, 0) is 12.0 Å². The number of benzene rings is 1. The molecule has 0 N–H and O–H groups in total. The Morgan fingerprint density at radius 1 is 1.41 bits per heavy atom. The molecule has 1 heterocycles. The van der Waals surface area contributed by atoms with Gasteiger partial charge in [0.15, 0.2) is 0 Å². The molecule has 0 aromatic heterocycles. The van der Waals surface area contributed by atoms with Crippen LogP contribution in [0.3, 0.4) is 0 Å². The lowest BCUT2D eigenvalue weighted by atomic mass is 9.78. The van der Waals surface area contributed by atoms with E-state index in [-0.39, 0.29) is 5.41 Å². The molecule has 0 saturated carbocycles. The highest BCUT2D eigenvalue weighted by Crippen LogP contribution is 2.32. The molecule has 1 aromatic rings. The molecular formula is C15H23N2. The highest BCUT2D eigenvalue weighted by molar-refractivity contribution is 5.35. The molecule has 0 atom stereocenters. The van der Waals surface area contributed by atoms with Crippen LogP contribution in [0.15, 0.2) is 18.2 Å². The second-order valence-electron chi connectivity index (χ2n) is 5.98. The Morgan fingerprint density at radius 3 is 2.88 bits per heavy atom. The predicted molar refractivity (Wildman–Crippen MR) is 72.1 cm³/mol. The average Bonchev–Trinajstić information content (AvgIpc) is 2.25. The lowest BCUT2D eigenvalue weighted by Gasteiger charge is -2.40. The highest BCUT2D eigenvalue weighted by Gasteiger charge is 2.30. The second-order valence-corrected chi connectivity index (χ2v) is 5.98. The molecule has 1 aromatic carbocycles. The zero-order valence-corrected chi connectivity index (χ0v) is 11.5. The summed E-state index contributed by atoms with van der Waals surface area (Å²) in [4.78, 5) is 4.80. The topological polar surface area (TPSA) is 6.48 Å². The van der Waals surface area contributed by atoms with Crippen LogP contribution < -0.4 is 0 Å². The van der Waals surface area contributed by atoms with Crippen LogP contribution in [0, 0.1) is 6.07 Å². The SMILES string of the molecule is CN(C)CCN1Cc2c[c]ccc2C(C)(C)C1. The van der Waals surface area contributed by atoms with E-state index in [0.717, 1.165) is 26.2 Å². The van der Waals surface area contributed by atoms with Crippen LogP contribution in [-0.4, -0.2) is 43.5 Å². The molecule has 0 unspecified atom stereocenters. The first-order chi connectivity index (χ1) is 7.99. The zero-order valence-electron chi connectivity index (χ0n) is 11.5. The summed E-state index contributed by atoms with van der Waals surface area (Å²) in [6, 6.07) is 9.63. The van der Waals surface area contributed by atoms with Crippen LogP contribution in [0.25, 0.3) is 0 Å². The minimum atomic E-state index is 0.259. The Labute approximate surface area is 105 Å². The maximum Gasteiger partial charge on any atom is 0.0237 e. The van der Waals surface area contributed by atoms with Gasteiger partial charge in [-0.05, 0) is 37.4 Å². The van der Waals surface area contributed by atoms with Gasteiger partial charge in [0, 0.05) is 31.6 Å². The molecule has 1 radical (unpaired) electrons. The Hall–Kier alpha value is -0.860. The lowest BCUT2D eigenvalue weighted by molar-refractivity contribution is 0.178. The first-order valence-corrected chi connectivity index (χ1v) is 6.35. The maximum atomic E-state index is 3.21. The van der Waals surface area contributed by atoms with Crippen molar-refractivity contribution >= 4 is 0 Å². The van der Waals surface area contributed by atoms with Gasteiger partial charge in [-0.1, -0.05) is 26.0 Å². The highest BCUT2D eigenvalue weighted by atomic mass is 15.2. The third kappa shape index (κ3) is 2.88. The molecule has 0 bridgehead atoms. The van der Waals surface area contributed by atoms with E-state index in [9.17, 15) is 0 Å². The molecule has 17 heavy (non-hydrogen) atoms. The fraction of sp³-hybridized carbons (Fsp3) is 0.600. The van der Waals surface area contributed by atoms with Gasteiger partial charge in [-0.2, -0.15) is 0 Å². The molecule has 2 nitrogen and oxygen atoms in total. The Bertz CT molecular complexity index is 382. The average molecular weight is 231 g/mol. The van der Waals surface area contributed by atoms with E-state index in [2.05, 4.69) is 55.9 Å². The largest absolute Gasteiger partial charge is 0.308 e. The standard InChI is InChI=1S/C15H23N2/c1-15(2)12-17(10-9-16(3)4)11-13-7-5-6-8-14(13)15/h6-8H,9-12H2,1-4H3. The molecule has 1 aliphatic heterocycles. The summed E-state index contributed by atoms with van der Waals surface area (Å²) >= 11 is 0. The van der Waals surface area contributed by atoms with Gasteiger partial charge in [-0.3, -0.25) is 4.90 Å². The molecule has 0 amide bonds. The van der Waals surface area contributed by atoms with Crippen molar-refractivity contribution in [2.75, 3.05) is 33.7 Å². The maximum absolute atomic E-state index is 3.21. The molecular weight excluding hydrogens is 208 g/mol. The van der Waals surface area contributed by atoms with Gasteiger partial charge >= 0.3 is 0 Å². The number of likely N-dealkylation sites (N-methyl/N-ethyl adjacent to an activating group) is 1. The summed E-state index contributed by atoms with van der Waals surface area (Å²) in [5.74, 6) is 0. The molecule has 2 rings (SSSR count). The number of rotatable bonds is 3. The Balaban J connectivity index is 2.14. The summed E-state index contributed by atoms with van der Waals surface area (Å²) in [6.45, 7) is 9.18. The molecule has 0 aliphatic carbocycles. The monoisotopic (exact) mass is 231 g/mol. The Morgan fingerprint density at radius 2 is 2.18 bits per heavy atom. The minimum absolute atomic E-state index is 0.259. The van der Waals surface area contributed by atoms with Gasteiger partial charge in [0.25, 0.3) is 0 Å². The molecule has 2 heteroatoms. The third-order valence-electron chi connectivity index (χ3n) is 3.56. The Kier molecular flexibility index (Phi) is 3.55. The van der Waals surface area contributed by atoms with Gasteiger partial charge in [0.05, 0.1) is 0 Å². The molecule has 0 fully saturated rings. The molecule has 93 valence electrons. The fourth-order valence-corrected chi connectivity index (χ4v) is 2.70. The molecule has 0 saturated heterocycles. The van der Waals surface area contributed by atoms with Crippen LogP contribution in [0.1, 0.15) is 25.0 Å². The van der Waals surface area contributed by atoms with Crippen LogP contribution in [0.4, 0.5) is 0 Å². The first kappa shape index (κ1) is 12.6. The van der Waals surface area contributed by atoms with Crippen LogP contribution in [0.2, 0.25) is 0 Å². The van der Waals surface area contributed by atoms with Crippen molar-refractivity contribution in [2.24, 2.45) is 0 Å². The van der Waals surface area contributed by atoms with Gasteiger partial charge < -0.3 is 4.90 Å². The predicted octanol–water partition coefficient (Wildman–Crippen LogP) is 2.14. The second kappa shape index (κ2) is 4.79. The van der Waals surface area contributed by atoms with Crippen molar-refractivity contribution in [3.8, 4) is 0 Å². The lowest BCUT2D eigenvalue weighted by Crippen LogP contribution is -2.44. The van der Waals surface area contributed by atoms with Gasteiger partial charge in [0.1, 0.15) is 0 Å². The van der Waals surface area contributed by atoms with Gasteiger partial charge in [-0.25, -0.2) is 0 Å². The van der Waals surface area contributed by atoms with E-state index >= 15 is 0 Å². The van der Waals surface area contributed by atoms with Crippen molar-refractivity contribution in [3.05, 3.63) is 35.4 Å². The summed E-state index contributed by atoms with van der Waals surface area (Å²) in [5.41, 5.74) is 3.20. The van der Waals surface area contributed by atoms with E-state index in [1.807, 2.05) is 6.07 Å². The normalized spacial score (nSPS) is 19.4. The summed E-state index contributed by atoms with van der Waals surface area (Å²) in [5, 5.41) is 0.